The molecule has 1 fully saturated rings. The van der Waals surface area contributed by atoms with Crippen molar-refractivity contribution in [1.29, 1.82) is 0 Å². The molecule has 2 rings (SSSR count). The average molecular weight is 266 g/mol. The predicted octanol–water partition coefficient (Wildman–Crippen LogP) is 3.64. The maximum atomic E-state index is 12.1. The van der Waals surface area contributed by atoms with Crippen LogP contribution in [0.25, 0.3) is 0 Å². The third-order valence-corrected chi connectivity index (χ3v) is 3.88. The van der Waals surface area contributed by atoms with Crippen LogP contribution in [0, 0.1) is 5.92 Å². The minimum atomic E-state index is 0.173. The summed E-state index contributed by atoms with van der Waals surface area (Å²) >= 11 is 5.81. The van der Waals surface area contributed by atoms with Crippen LogP contribution in [0.4, 0.5) is 0 Å². The smallest absolute Gasteiger partial charge is 0.176 e. The molecule has 1 saturated carbocycles. The fourth-order valence-electron chi connectivity index (χ4n) is 2.67. The number of ketones is 1. The van der Waals surface area contributed by atoms with Gasteiger partial charge in [-0.3, -0.25) is 9.69 Å². The van der Waals surface area contributed by atoms with Crippen LogP contribution < -0.4 is 0 Å². The minimum Gasteiger partial charge on any atom is -0.299 e. The lowest BCUT2D eigenvalue weighted by Gasteiger charge is -2.19. The normalized spacial score (nSPS) is 16.4. The highest BCUT2D eigenvalue weighted by Crippen LogP contribution is 2.25. The molecular weight excluding hydrogens is 246 g/mol. The molecule has 0 radical (unpaired) electrons. The van der Waals surface area contributed by atoms with Crippen LogP contribution in [-0.4, -0.2) is 30.8 Å². The van der Waals surface area contributed by atoms with E-state index in [2.05, 4.69) is 4.90 Å². The van der Waals surface area contributed by atoms with Gasteiger partial charge in [0.05, 0.1) is 6.54 Å². The topological polar surface area (TPSA) is 20.3 Å². The maximum absolute atomic E-state index is 12.1. The van der Waals surface area contributed by atoms with Crippen molar-refractivity contribution in [2.75, 3.05) is 20.1 Å². The van der Waals surface area contributed by atoms with Gasteiger partial charge in [0.15, 0.2) is 5.78 Å². The lowest BCUT2D eigenvalue weighted by molar-refractivity contribution is 0.0938. The molecule has 0 bridgehead atoms. The predicted molar refractivity (Wildman–Crippen MR) is 75.2 cm³/mol. The molecule has 1 aliphatic rings. The van der Waals surface area contributed by atoms with Gasteiger partial charge in [-0.25, -0.2) is 0 Å². The van der Waals surface area contributed by atoms with E-state index in [-0.39, 0.29) is 5.78 Å². The van der Waals surface area contributed by atoms with E-state index in [4.69, 9.17) is 11.6 Å². The fourth-order valence-corrected chi connectivity index (χ4v) is 2.80. The first-order valence-corrected chi connectivity index (χ1v) is 7.00. The van der Waals surface area contributed by atoms with E-state index in [1.54, 1.807) is 24.3 Å². The molecule has 0 heterocycles. The summed E-state index contributed by atoms with van der Waals surface area (Å²) in [7, 11) is 2.03. The Morgan fingerprint density at radius 3 is 2.50 bits per heavy atom. The molecule has 0 N–H and O–H groups in total. The second-order valence-electron chi connectivity index (χ2n) is 5.28. The van der Waals surface area contributed by atoms with Gasteiger partial charge in [-0.2, -0.15) is 0 Å². The molecule has 18 heavy (non-hydrogen) atoms. The average Bonchev–Trinajstić information content (AvgIpc) is 2.82. The lowest BCUT2D eigenvalue weighted by Crippen LogP contribution is -2.30. The van der Waals surface area contributed by atoms with Crippen molar-refractivity contribution in [3.8, 4) is 0 Å². The summed E-state index contributed by atoms with van der Waals surface area (Å²) in [5.74, 6) is 0.959. The highest BCUT2D eigenvalue weighted by atomic mass is 35.5. The summed E-state index contributed by atoms with van der Waals surface area (Å²) in [4.78, 5) is 14.2. The van der Waals surface area contributed by atoms with Gasteiger partial charge in [-0.05, 0) is 50.1 Å². The van der Waals surface area contributed by atoms with E-state index < -0.39 is 0 Å². The van der Waals surface area contributed by atoms with Crippen LogP contribution >= 0.6 is 11.6 Å². The molecule has 98 valence electrons. The van der Waals surface area contributed by atoms with E-state index in [0.29, 0.717) is 11.6 Å². The van der Waals surface area contributed by atoms with Gasteiger partial charge in [-0.1, -0.05) is 24.4 Å². The Morgan fingerprint density at radius 1 is 1.28 bits per heavy atom. The molecule has 3 heteroatoms. The fraction of sp³-hybridized carbons (Fsp3) is 0.533. The monoisotopic (exact) mass is 265 g/mol. The summed E-state index contributed by atoms with van der Waals surface area (Å²) in [6, 6.07) is 7.14. The third kappa shape index (κ3) is 3.82. The largest absolute Gasteiger partial charge is 0.299 e. The van der Waals surface area contributed by atoms with Crippen molar-refractivity contribution in [2.45, 2.75) is 25.7 Å². The van der Waals surface area contributed by atoms with Gasteiger partial charge < -0.3 is 0 Å². The number of carbonyl (C=O) groups is 1. The summed E-state index contributed by atoms with van der Waals surface area (Å²) in [5.41, 5.74) is 0.748. The number of likely N-dealkylation sites (N-methyl/N-ethyl adjacent to an activating group) is 1. The van der Waals surface area contributed by atoms with Crippen molar-refractivity contribution in [3.63, 3.8) is 0 Å². The lowest BCUT2D eigenvalue weighted by atomic mass is 10.1. The standard InChI is InChI=1S/C15H20ClNO/c1-17(10-12-4-2-3-5-12)11-15(18)13-6-8-14(16)9-7-13/h6-9,12H,2-5,10-11H2,1H3. The summed E-state index contributed by atoms with van der Waals surface area (Å²) in [6.45, 7) is 1.54. The molecule has 2 nitrogen and oxygen atoms in total. The van der Waals surface area contributed by atoms with E-state index >= 15 is 0 Å². The Hall–Kier alpha value is -0.860. The van der Waals surface area contributed by atoms with E-state index in [1.165, 1.54) is 25.7 Å². The molecular formula is C15H20ClNO. The highest BCUT2D eigenvalue weighted by molar-refractivity contribution is 6.30. The maximum Gasteiger partial charge on any atom is 0.176 e. The van der Waals surface area contributed by atoms with Crippen molar-refractivity contribution < 1.29 is 4.79 Å². The molecule has 1 aromatic carbocycles. The second-order valence-corrected chi connectivity index (χ2v) is 5.71. The zero-order valence-corrected chi connectivity index (χ0v) is 11.6. The number of hydrogen-bond donors (Lipinski definition) is 0. The zero-order chi connectivity index (χ0) is 13.0. The van der Waals surface area contributed by atoms with Crippen LogP contribution in [0.1, 0.15) is 36.0 Å². The second kappa shape index (κ2) is 6.35. The summed E-state index contributed by atoms with van der Waals surface area (Å²) in [5, 5.41) is 0.672. The van der Waals surface area contributed by atoms with Crippen molar-refractivity contribution in [3.05, 3.63) is 34.9 Å². The van der Waals surface area contributed by atoms with E-state index in [1.807, 2.05) is 7.05 Å². The van der Waals surface area contributed by atoms with Crippen LogP contribution in [-0.2, 0) is 0 Å². The number of benzene rings is 1. The van der Waals surface area contributed by atoms with Crippen LogP contribution in [0.2, 0.25) is 5.02 Å². The Morgan fingerprint density at radius 2 is 1.89 bits per heavy atom. The zero-order valence-electron chi connectivity index (χ0n) is 10.9. The van der Waals surface area contributed by atoms with Gasteiger partial charge in [0.25, 0.3) is 0 Å². The highest BCUT2D eigenvalue weighted by Gasteiger charge is 2.18. The molecule has 0 spiro atoms. The molecule has 0 aliphatic heterocycles. The first-order chi connectivity index (χ1) is 8.65. The first-order valence-electron chi connectivity index (χ1n) is 6.62. The van der Waals surface area contributed by atoms with Crippen LogP contribution in [0.3, 0.4) is 0 Å². The van der Waals surface area contributed by atoms with Crippen molar-refractivity contribution >= 4 is 17.4 Å². The van der Waals surface area contributed by atoms with Crippen LogP contribution in [0.5, 0.6) is 0 Å². The molecule has 0 atom stereocenters. The van der Waals surface area contributed by atoms with Gasteiger partial charge in [0.2, 0.25) is 0 Å². The quantitative estimate of drug-likeness (QED) is 0.758. The van der Waals surface area contributed by atoms with Crippen molar-refractivity contribution in [1.82, 2.24) is 4.90 Å². The van der Waals surface area contributed by atoms with E-state index in [9.17, 15) is 4.79 Å². The van der Waals surface area contributed by atoms with Gasteiger partial charge in [0.1, 0.15) is 0 Å². The first kappa shape index (κ1) is 13.6. The molecule has 0 amide bonds. The minimum absolute atomic E-state index is 0.173. The van der Waals surface area contributed by atoms with Crippen molar-refractivity contribution in [2.24, 2.45) is 5.92 Å². The molecule has 1 aliphatic carbocycles. The number of nitrogens with zero attached hydrogens (tertiary/aromatic N) is 1. The molecule has 0 saturated heterocycles. The number of carbonyl (C=O) groups excluding carboxylic acids is 1. The number of halogens is 1. The Balaban J connectivity index is 1.84. The summed E-state index contributed by atoms with van der Waals surface area (Å²) in [6.07, 6.45) is 5.34. The number of rotatable bonds is 5. The van der Waals surface area contributed by atoms with Gasteiger partial charge >= 0.3 is 0 Å². The Labute approximate surface area is 114 Å². The third-order valence-electron chi connectivity index (χ3n) is 3.62. The number of hydrogen-bond acceptors (Lipinski definition) is 2. The Kier molecular flexibility index (Phi) is 4.79. The Bertz CT molecular complexity index is 395. The summed E-state index contributed by atoms with van der Waals surface area (Å²) < 4.78 is 0. The molecule has 0 aromatic heterocycles. The molecule has 0 unspecified atom stereocenters. The van der Waals surface area contributed by atoms with Gasteiger partial charge in [-0.15, -0.1) is 0 Å². The number of Topliss-reactive ketones (excluding diaryl/α,β-unsaturated/α-hetero) is 1. The SMILES string of the molecule is CN(CC(=O)c1ccc(Cl)cc1)CC1CCCC1. The van der Waals surface area contributed by atoms with E-state index in [0.717, 1.165) is 18.0 Å². The molecule has 1 aromatic rings. The van der Waals surface area contributed by atoms with Crippen LogP contribution in [0.15, 0.2) is 24.3 Å². The van der Waals surface area contributed by atoms with Gasteiger partial charge in [0, 0.05) is 17.1 Å².